The first-order valence-corrected chi connectivity index (χ1v) is 7.86. The van der Waals surface area contributed by atoms with Gasteiger partial charge in [0, 0.05) is 24.7 Å². The van der Waals surface area contributed by atoms with Gasteiger partial charge in [-0.15, -0.1) is 0 Å². The van der Waals surface area contributed by atoms with Crippen LogP contribution in [0.2, 0.25) is 6.82 Å². The fourth-order valence-electron chi connectivity index (χ4n) is 3.70. The van der Waals surface area contributed by atoms with E-state index in [4.69, 9.17) is 4.74 Å². The molecule has 0 amide bonds. The predicted octanol–water partition coefficient (Wildman–Crippen LogP) is 1.97. The van der Waals surface area contributed by atoms with Gasteiger partial charge in [-0.2, -0.15) is 0 Å². The number of fused-ring (bicyclic) bond motifs is 4. The summed E-state index contributed by atoms with van der Waals surface area (Å²) in [5, 5.41) is 9.79. The number of nitrogens with zero attached hydrogens (tertiary/aromatic N) is 3. The van der Waals surface area contributed by atoms with Crippen molar-refractivity contribution in [2.24, 2.45) is 0 Å². The molecule has 0 aromatic carbocycles. The molecule has 2 aliphatic heterocycles. The summed E-state index contributed by atoms with van der Waals surface area (Å²) in [6, 6.07) is 8.31. The summed E-state index contributed by atoms with van der Waals surface area (Å²) in [6.45, 7) is 5.59. The van der Waals surface area contributed by atoms with Gasteiger partial charge in [-0.3, -0.25) is 0 Å². The smallest absolute Gasteiger partial charge is 0.376 e. The van der Waals surface area contributed by atoms with E-state index in [1.165, 1.54) is 11.4 Å². The lowest BCUT2D eigenvalue weighted by molar-refractivity contribution is -0.00338. The molecule has 1 spiro atoms. The van der Waals surface area contributed by atoms with Gasteiger partial charge in [0.25, 0.3) is 0 Å². The summed E-state index contributed by atoms with van der Waals surface area (Å²) in [6.07, 6.45) is 3.50. The van der Waals surface area contributed by atoms with Gasteiger partial charge in [-0.25, -0.2) is 4.98 Å². The van der Waals surface area contributed by atoms with Gasteiger partial charge >= 0.3 is 7.05 Å². The molecule has 2 aliphatic rings. The van der Waals surface area contributed by atoms with Crippen molar-refractivity contribution in [3.63, 3.8) is 0 Å². The van der Waals surface area contributed by atoms with Crippen molar-refractivity contribution in [3.05, 3.63) is 41.9 Å². The second kappa shape index (κ2) is 4.86. The van der Waals surface area contributed by atoms with E-state index in [1.54, 1.807) is 6.20 Å². The van der Waals surface area contributed by atoms with Crippen molar-refractivity contribution in [3.8, 4) is 11.6 Å². The number of pyridine rings is 1. The number of piperidine rings is 1. The van der Waals surface area contributed by atoms with Gasteiger partial charge in [-0.05, 0) is 51.1 Å². The van der Waals surface area contributed by atoms with Crippen LogP contribution in [-0.2, 0) is 5.60 Å². The average Bonchev–Trinajstić information content (AvgIpc) is 2.91. The summed E-state index contributed by atoms with van der Waals surface area (Å²) >= 11 is 0. The van der Waals surface area contributed by atoms with Crippen molar-refractivity contribution < 1.29 is 9.76 Å². The van der Waals surface area contributed by atoms with Crippen LogP contribution in [0.5, 0.6) is 5.88 Å². The van der Waals surface area contributed by atoms with Crippen LogP contribution in [0.1, 0.15) is 24.2 Å². The SMILES string of the molecule is CB(O)N1CCC2(CC1)Oc1ncccc1-n1c(C)ccc12. The zero-order valence-electron chi connectivity index (χ0n) is 13.0. The summed E-state index contributed by atoms with van der Waals surface area (Å²) < 4.78 is 8.66. The molecule has 5 nitrogen and oxygen atoms in total. The third kappa shape index (κ3) is 1.91. The summed E-state index contributed by atoms with van der Waals surface area (Å²) in [7, 11) is -0.403. The van der Waals surface area contributed by atoms with Gasteiger partial charge in [-0.1, -0.05) is 0 Å². The molecule has 1 fully saturated rings. The van der Waals surface area contributed by atoms with E-state index in [0.717, 1.165) is 31.6 Å². The second-order valence-electron chi connectivity index (χ2n) is 6.29. The normalized spacial score (nSPS) is 19.4. The Bertz CT molecular complexity index is 705. The van der Waals surface area contributed by atoms with E-state index in [2.05, 4.69) is 39.5 Å². The number of hydrogen-bond acceptors (Lipinski definition) is 4. The maximum Gasteiger partial charge on any atom is 0.376 e. The van der Waals surface area contributed by atoms with Crippen molar-refractivity contribution in [2.45, 2.75) is 32.2 Å². The Labute approximate surface area is 130 Å². The molecule has 0 bridgehead atoms. The summed E-state index contributed by atoms with van der Waals surface area (Å²) in [4.78, 5) is 6.52. The number of rotatable bonds is 1. The molecule has 4 heterocycles. The first kappa shape index (κ1) is 13.8. The van der Waals surface area contributed by atoms with E-state index in [0.29, 0.717) is 5.88 Å². The molecule has 2 aromatic heterocycles. The lowest BCUT2D eigenvalue weighted by Gasteiger charge is -2.45. The van der Waals surface area contributed by atoms with Crippen LogP contribution in [-0.4, -0.2) is 39.5 Å². The molecule has 2 aromatic rings. The van der Waals surface area contributed by atoms with Gasteiger partial charge in [0.15, 0.2) is 5.60 Å². The van der Waals surface area contributed by atoms with E-state index >= 15 is 0 Å². The Hall–Kier alpha value is -1.79. The molecule has 0 atom stereocenters. The fourth-order valence-corrected chi connectivity index (χ4v) is 3.70. The highest BCUT2D eigenvalue weighted by Gasteiger charge is 2.45. The number of aromatic nitrogens is 2. The summed E-state index contributed by atoms with van der Waals surface area (Å²) in [5.74, 6) is 0.708. The largest absolute Gasteiger partial charge is 0.463 e. The van der Waals surface area contributed by atoms with Crippen molar-refractivity contribution in [2.75, 3.05) is 13.1 Å². The molecule has 0 aliphatic carbocycles. The molecular weight excluding hydrogens is 277 g/mol. The second-order valence-corrected chi connectivity index (χ2v) is 6.29. The average molecular weight is 297 g/mol. The molecule has 6 heteroatoms. The van der Waals surface area contributed by atoms with Crippen LogP contribution < -0.4 is 4.74 Å². The maximum absolute atomic E-state index is 9.79. The van der Waals surface area contributed by atoms with E-state index in [1.807, 2.05) is 12.9 Å². The Kier molecular flexibility index (Phi) is 3.06. The van der Waals surface area contributed by atoms with Gasteiger partial charge < -0.3 is 19.1 Å². The van der Waals surface area contributed by atoms with Crippen LogP contribution >= 0.6 is 0 Å². The van der Waals surface area contributed by atoms with Crippen LogP contribution in [0.15, 0.2) is 30.5 Å². The lowest BCUT2D eigenvalue weighted by Crippen LogP contribution is -2.52. The number of ether oxygens (including phenoxy) is 1. The highest BCUT2D eigenvalue weighted by atomic mass is 16.5. The number of hydrogen-bond donors (Lipinski definition) is 1. The molecule has 0 radical (unpaired) electrons. The Balaban J connectivity index is 1.78. The van der Waals surface area contributed by atoms with Crippen molar-refractivity contribution in [1.29, 1.82) is 0 Å². The maximum atomic E-state index is 9.79. The zero-order chi connectivity index (χ0) is 15.3. The number of aryl methyl sites for hydroxylation is 1. The molecule has 0 saturated carbocycles. The topological polar surface area (TPSA) is 50.5 Å². The minimum Gasteiger partial charge on any atom is -0.463 e. The Morgan fingerprint density at radius 3 is 2.77 bits per heavy atom. The van der Waals surface area contributed by atoms with Crippen molar-refractivity contribution >= 4 is 7.05 Å². The lowest BCUT2D eigenvalue weighted by atomic mass is 9.78. The van der Waals surface area contributed by atoms with Gasteiger partial charge in [0.2, 0.25) is 5.88 Å². The van der Waals surface area contributed by atoms with Gasteiger partial charge in [0.05, 0.1) is 5.69 Å². The Morgan fingerprint density at radius 2 is 2.05 bits per heavy atom. The monoisotopic (exact) mass is 297 g/mol. The van der Waals surface area contributed by atoms with Crippen LogP contribution in [0, 0.1) is 6.92 Å². The molecule has 114 valence electrons. The minimum absolute atomic E-state index is 0.332. The highest BCUT2D eigenvalue weighted by molar-refractivity contribution is 6.45. The zero-order valence-corrected chi connectivity index (χ0v) is 13.0. The predicted molar refractivity (Wildman–Crippen MR) is 85.3 cm³/mol. The summed E-state index contributed by atoms with van der Waals surface area (Å²) in [5.41, 5.74) is 3.09. The van der Waals surface area contributed by atoms with E-state index < -0.39 is 7.05 Å². The van der Waals surface area contributed by atoms with Crippen molar-refractivity contribution in [1.82, 2.24) is 14.4 Å². The fraction of sp³-hybridized carbons (Fsp3) is 0.438. The first-order valence-electron chi connectivity index (χ1n) is 7.86. The molecule has 1 N–H and O–H groups in total. The molecule has 0 unspecified atom stereocenters. The Morgan fingerprint density at radius 1 is 1.27 bits per heavy atom. The van der Waals surface area contributed by atoms with Crippen LogP contribution in [0.4, 0.5) is 0 Å². The molecule has 4 rings (SSSR count). The first-order chi connectivity index (χ1) is 10.6. The van der Waals surface area contributed by atoms with Gasteiger partial charge in [0.1, 0.15) is 5.69 Å². The molecule has 22 heavy (non-hydrogen) atoms. The van der Waals surface area contributed by atoms with E-state index in [-0.39, 0.29) is 5.60 Å². The third-order valence-corrected chi connectivity index (χ3v) is 4.96. The quantitative estimate of drug-likeness (QED) is 0.818. The van der Waals surface area contributed by atoms with Crippen LogP contribution in [0.3, 0.4) is 0 Å². The van der Waals surface area contributed by atoms with Crippen LogP contribution in [0.25, 0.3) is 5.69 Å². The minimum atomic E-state index is -0.403. The standard InChI is InChI=1S/C16H20BN3O2/c1-12-5-6-14-16(7-10-19(11-8-16)17(2)21)22-15-13(20(12)14)4-3-9-18-15/h3-6,9,21H,7-8,10-11H2,1-2H3. The highest BCUT2D eigenvalue weighted by Crippen LogP contribution is 2.44. The molecule has 1 saturated heterocycles. The third-order valence-electron chi connectivity index (χ3n) is 4.96. The van der Waals surface area contributed by atoms with E-state index in [9.17, 15) is 5.02 Å². The molecular formula is C16H20BN3O2.